The summed E-state index contributed by atoms with van der Waals surface area (Å²) in [6, 6.07) is 57.3. The van der Waals surface area contributed by atoms with Crippen LogP contribution in [0, 0.1) is 13.8 Å². The summed E-state index contributed by atoms with van der Waals surface area (Å²) in [5.41, 5.74) is 23.1. The van der Waals surface area contributed by atoms with Crippen molar-refractivity contribution in [2.24, 2.45) is 0 Å². The third kappa shape index (κ3) is 6.25. The summed E-state index contributed by atoms with van der Waals surface area (Å²) in [6.45, 7) is 4.29. The fourth-order valence-electron chi connectivity index (χ4n) is 6.35. The lowest BCUT2D eigenvalue weighted by Gasteiger charge is -2.27. The van der Waals surface area contributed by atoms with Gasteiger partial charge in [0, 0.05) is 39.3 Å². The van der Waals surface area contributed by atoms with Crippen molar-refractivity contribution in [2.45, 2.75) is 13.8 Å². The number of para-hydroxylation sites is 2. The van der Waals surface area contributed by atoms with Gasteiger partial charge in [0.05, 0.1) is 11.4 Å². The molecule has 0 atom stereocenters. The van der Waals surface area contributed by atoms with Gasteiger partial charge in [-0.05, 0) is 72.5 Å². The predicted molar refractivity (Wildman–Crippen MR) is 202 cm³/mol. The van der Waals surface area contributed by atoms with E-state index in [-0.39, 0.29) is 0 Å². The summed E-state index contributed by atoms with van der Waals surface area (Å²) < 4.78 is 0. The summed E-state index contributed by atoms with van der Waals surface area (Å²) in [4.78, 5) is 0. The van der Waals surface area contributed by atoms with Gasteiger partial charge in [-0.3, -0.25) is 0 Å². The Morgan fingerprint density at radius 1 is 0.362 bits per heavy atom. The van der Waals surface area contributed by atoms with Crippen molar-refractivity contribution in [3.05, 3.63) is 175 Å². The molecule has 0 saturated heterocycles. The van der Waals surface area contributed by atoms with Crippen LogP contribution in [0.3, 0.4) is 0 Å². The second-order valence-electron chi connectivity index (χ2n) is 12.0. The van der Waals surface area contributed by atoms with Gasteiger partial charge in [0.15, 0.2) is 0 Å². The molecule has 4 N–H and O–H groups in total. The van der Waals surface area contributed by atoms with Gasteiger partial charge in [-0.15, -0.1) is 0 Å². The number of anilines is 5. The van der Waals surface area contributed by atoms with Crippen LogP contribution in [0.5, 0.6) is 0 Å². The van der Waals surface area contributed by atoms with Gasteiger partial charge in [0.25, 0.3) is 0 Å². The predicted octanol–water partition coefficient (Wildman–Crippen LogP) is 12.0. The average Bonchev–Trinajstić information content (AvgIpc) is 3.10. The number of hydrogen-bond donors (Lipinski definition) is 3. The van der Waals surface area contributed by atoms with Gasteiger partial charge in [-0.1, -0.05) is 139 Å². The van der Waals surface area contributed by atoms with Crippen molar-refractivity contribution in [2.75, 3.05) is 16.4 Å². The molecule has 47 heavy (non-hydrogen) atoms. The van der Waals surface area contributed by atoms with Gasteiger partial charge < -0.3 is 16.4 Å². The molecule has 7 aromatic rings. The Balaban J connectivity index is 1.58. The van der Waals surface area contributed by atoms with E-state index in [0.29, 0.717) is 5.69 Å². The first-order valence-electron chi connectivity index (χ1n) is 16.0. The number of nitrogens with two attached hydrogens (primary N) is 1. The largest absolute Gasteiger partial charge is 0.397 e. The molecule has 0 unspecified atom stereocenters. The van der Waals surface area contributed by atoms with Crippen molar-refractivity contribution in [3.8, 4) is 44.5 Å². The molecule has 0 aliphatic rings. The molecule has 0 aromatic heterocycles. The summed E-state index contributed by atoms with van der Waals surface area (Å²) in [5, 5.41) is 7.31. The molecule has 7 rings (SSSR count). The van der Waals surface area contributed by atoms with E-state index in [0.717, 1.165) is 67.3 Å². The van der Waals surface area contributed by atoms with E-state index in [1.807, 2.05) is 36.4 Å². The molecule has 7 aromatic carbocycles. The molecule has 0 bridgehead atoms. The van der Waals surface area contributed by atoms with E-state index in [1.54, 1.807) is 0 Å². The zero-order valence-corrected chi connectivity index (χ0v) is 26.7. The Kier molecular flexibility index (Phi) is 8.27. The van der Waals surface area contributed by atoms with E-state index < -0.39 is 0 Å². The lowest BCUT2D eigenvalue weighted by atomic mass is 9.80. The quantitative estimate of drug-likeness (QED) is 0.151. The molecule has 0 amide bonds. The monoisotopic (exact) mass is 607 g/mol. The Labute approximate surface area is 277 Å². The summed E-state index contributed by atoms with van der Waals surface area (Å²) in [6.07, 6.45) is 0. The van der Waals surface area contributed by atoms with Crippen molar-refractivity contribution in [3.63, 3.8) is 0 Å². The highest BCUT2D eigenvalue weighted by Crippen LogP contribution is 2.54. The van der Waals surface area contributed by atoms with Crippen LogP contribution in [0.15, 0.2) is 164 Å². The van der Waals surface area contributed by atoms with E-state index in [1.165, 1.54) is 11.1 Å². The molecule has 0 radical (unpaired) electrons. The molecule has 0 fully saturated rings. The van der Waals surface area contributed by atoms with E-state index in [4.69, 9.17) is 5.73 Å². The number of nitrogens with one attached hydrogen (secondary N) is 2. The maximum atomic E-state index is 7.41. The highest BCUT2D eigenvalue weighted by molar-refractivity contribution is 6.13. The van der Waals surface area contributed by atoms with Gasteiger partial charge in [-0.25, -0.2) is 0 Å². The standard InChI is InChI=1S/C44H37N3/c1-30-14-12-18-34(28-30)40-39(33-24-26-38(27-25-33)46-36-20-8-4-9-21-36)41(32-16-6-3-7-17-32)43(45)44(47-37-22-10-5-11-23-37)42(40)35-19-13-15-31(2)29-35/h3-29,46-47H,45H2,1-2H3. The molecular weight excluding hydrogens is 571 g/mol. The minimum Gasteiger partial charge on any atom is -0.397 e. The maximum absolute atomic E-state index is 7.41. The van der Waals surface area contributed by atoms with E-state index >= 15 is 0 Å². The molecule has 0 spiro atoms. The summed E-state index contributed by atoms with van der Waals surface area (Å²) >= 11 is 0. The Morgan fingerprint density at radius 3 is 1.34 bits per heavy atom. The first-order chi connectivity index (χ1) is 23.0. The molecule has 0 saturated carbocycles. The second-order valence-corrected chi connectivity index (χ2v) is 12.0. The summed E-state index contributed by atoms with van der Waals surface area (Å²) in [7, 11) is 0. The van der Waals surface area contributed by atoms with Crippen LogP contribution in [0.2, 0.25) is 0 Å². The molecular formula is C44H37N3. The lowest BCUT2D eigenvalue weighted by molar-refractivity contribution is 1.44. The minimum absolute atomic E-state index is 0.703. The zero-order chi connectivity index (χ0) is 32.2. The van der Waals surface area contributed by atoms with Crippen LogP contribution in [-0.2, 0) is 0 Å². The Bertz CT molecular complexity index is 2140. The Hall–Kier alpha value is -6.06. The number of aryl methyl sites for hydroxylation is 2. The molecule has 3 heteroatoms. The number of hydrogen-bond acceptors (Lipinski definition) is 3. The first kappa shape index (κ1) is 29.6. The summed E-state index contributed by atoms with van der Waals surface area (Å²) in [5.74, 6) is 0. The van der Waals surface area contributed by atoms with Gasteiger partial charge in [0.2, 0.25) is 0 Å². The van der Waals surface area contributed by atoms with Crippen LogP contribution < -0.4 is 16.4 Å². The molecule has 0 aliphatic heterocycles. The van der Waals surface area contributed by atoms with E-state index in [9.17, 15) is 0 Å². The van der Waals surface area contributed by atoms with E-state index in [2.05, 4.69) is 152 Å². The average molecular weight is 608 g/mol. The highest BCUT2D eigenvalue weighted by Gasteiger charge is 2.27. The van der Waals surface area contributed by atoms with Crippen LogP contribution in [0.4, 0.5) is 28.4 Å². The zero-order valence-electron chi connectivity index (χ0n) is 26.7. The van der Waals surface area contributed by atoms with Crippen molar-refractivity contribution >= 4 is 28.4 Å². The third-order valence-electron chi connectivity index (χ3n) is 8.49. The van der Waals surface area contributed by atoms with Crippen LogP contribution in [-0.4, -0.2) is 0 Å². The topological polar surface area (TPSA) is 50.1 Å². The van der Waals surface area contributed by atoms with Crippen molar-refractivity contribution in [1.29, 1.82) is 0 Å². The number of nitrogen functional groups attached to an aromatic ring is 1. The van der Waals surface area contributed by atoms with Crippen LogP contribution >= 0.6 is 0 Å². The van der Waals surface area contributed by atoms with Crippen LogP contribution in [0.25, 0.3) is 44.5 Å². The Morgan fingerprint density at radius 2 is 0.787 bits per heavy atom. The fourth-order valence-corrected chi connectivity index (χ4v) is 6.35. The molecule has 0 aliphatic carbocycles. The number of rotatable bonds is 8. The van der Waals surface area contributed by atoms with Crippen molar-refractivity contribution in [1.82, 2.24) is 0 Å². The van der Waals surface area contributed by atoms with Gasteiger partial charge in [-0.2, -0.15) is 0 Å². The normalized spacial score (nSPS) is 10.9. The molecule has 228 valence electrons. The minimum atomic E-state index is 0.703. The highest BCUT2D eigenvalue weighted by atomic mass is 14.9. The van der Waals surface area contributed by atoms with Gasteiger partial charge in [0.1, 0.15) is 0 Å². The molecule has 3 nitrogen and oxygen atoms in total. The third-order valence-corrected chi connectivity index (χ3v) is 8.49. The first-order valence-corrected chi connectivity index (χ1v) is 16.0. The number of benzene rings is 7. The van der Waals surface area contributed by atoms with Crippen LogP contribution in [0.1, 0.15) is 11.1 Å². The second kappa shape index (κ2) is 13.1. The lowest BCUT2D eigenvalue weighted by Crippen LogP contribution is -2.06. The molecule has 0 heterocycles. The maximum Gasteiger partial charge on any atom is 0.0710 e. The van der Waals surface area contributed by atoms with Gasteiger partial charge >= 0.3 is 0 Å². The smallest absolute Gasteiger partial charge is 0.0710 e. The SMILES string of the molecule is Cc1cccc(-c2c(Nc3ccccc3)c(N)c(-c3ccccc3)c(-c3ccc(Nc4ccccc4)cc3)c2-c2cccc(C)c2)c1. The van der Waals surface area contributed by atoms with Crippen molar-refractivity contribution < 1.29 is 0 Å². The fraction of sp³-hybridized carbons (Fsp3) is 0.0455.